The number of para-hydroxylation sites is 1. The average molecular weight is 474 g/mol. The normalized spacial score (nSPS) is 18.5. The molecule has 8 heteroatoms. The summed E-state index contributed by atoms with van der Waals surface area (Å²) in [5.74, 6) is -0.214. The SMILES string of the molecule is C=CCSc1ccccc1NC(=O)CN1C(=O)NC(C)(c2cccc(Br)c2)C1=O. The van der Waals surface area contributed by atoms with Crippen molar-refractivity contribution in [3.63, 3.8) is 0 Å². The van der Waals surface area contributed by atoms with Gasteiger partial charge in [0.2, 0.25) is 5.91 Å². The van der Waals surface area contributed by atoms with Gasteiger partial charge in [0.25, 0.3) is 5.91 Å². The molecule has 150 valence electrons. The Hall–Kier alpha value is -2.58. The van der Waals surface area contributed by atoms with Crippen LogP contribution in [-0.4, -0.2) is 35.0 Å². The van der Waals surface area contributed by atoms with Crippen molar-refractivity contribution < 1.29 is 14.4 Å². The average Bonchev–Trinajstić information content (AvgIpc) is 2.91. The van der Waals surface area contributed by atoms with Crippen molar-refractivity contribution >= 4 is 51.2 Å². The van der Waals surface area contributed by atoms with E-state index in [0.29, 0.717) is 17.0 Å². The summed E-state index contributed by atoms with van der Waals surface area (Å²) in [5, 5.41) is 5.49. The van der Waals surface area contributed by atoms with Crippen LogP contribution in [0.1, 0.15) is 12.5 Å². The van der Waals surface area contributed by atoms with E-state index < -0.39 is 23.4 Å². The van der Waals surface area contributed by atoms with Gasteiger partial charge in [-0.2, -0.15) is 0 Å². The van der Waals surface area contributed by atoms with E-state index >= 15 is 0 Å². The Morgan fingerprint density at radius 3 is 2.76 bits per heavy atom. The number of halogens is 1. The molecule has 1 unspecified atom stereocenters. The fourth-order valence-electron chi connectivity index (χ4n) is 3.01. The van der Waals surface area contributed by atoms with E-state index in [1.54, 1.807) is 37.3 Å². The Morgan fingerprint density at radius 1 is 1.28 bits per heavy atom. The Kier molecular flexibility index (Phi) is 6.44. The zero-order chi connectivity index (χ0) is 21.0. The number of thioether (sulfide) groups is 1. The molecule has 1 fully saturated rings. The smallest absolute Gasteiger partial charge is 0.324 e. The van der Waals surface area contributed by atoms with Crippen LogP contribution in [0.5, 0.6) is 0 Å². The molecule has 2 aromatic rings. The lowest BCUT2D eigenvalue weighted by atomic mass is 9.92. The van der Waals surface area contributed by atoms with Crippen LogP contribution in [0.4, 0.5) is 10.5 Å². The van der Waals surface area contributed by atoms with Gasteiger partial charge in [0.05, 0.1) is 5.69 Å². The number of urea groups is 1. The third-order valence-corrected chi connectivity index (χ3v) is 6.06. The van der Waals surface area contributed by atoms with Crippen molar-refractivity contribution in [2.45, 2.75) is 17.4 Å². The molecule has 0 aromatic heterocycles. The number of hydrogen-bond acceptors (Lipinski definition) is 4. The van der Waals surface area contributed by atoms with Crippen molar-refractivity contribution in [2.75, 3.05) is 17.6 Å². The topological polar surface area (TPSA) is 78.5 Å². The van der Waals surface area contributed by atoms with Crippen LogP contribution in [0.15, 0.2) is 70.6 Å². The molecule has 1 saturated heterocycles. The number of rotatable bonds is 7. The van der Waals surface area contributed by atoms with Gasteiger partial charge in [0, 0.05) is 15.1 Å². The molecule has 29 heavy (non-hydrogen) atoms. The first kappa shape index (κ1) is 21.1. The summed E-state index contributed by atoms with van der Waals surface area (Å²) in [4.78, 5) is 39.8. The number of anilines is 1. The molecule has 1 heterocycles. The lowest BCUT2D eigenvalue weighted by Crippen LogP contribution is -2.42. The highest BCUT2D eigenvalue weighted by molar-refractivity contribution is 9.10. The minimum Gasteiger partial charge on any atom is -0.324 e. The molecule has 0 saturated carbocycles. The molecule has 1 aliphatic heterocycles. The number of hydrogen-bond donors (Lipinski definition) is 2. The Labute approximate surface area is 181 Å². The molecule has 0 spiro atoms. The predicted octanol–water partition coefficient (Wildman–Crippen LogP) is 4.13. The summed E-state index contributed by atoms with van der Waals surface area (Å²) in [6, 6.07) is 13.9. The fourth-order valence-corrected chi connectivity index (χ4v) is 4.16. The summed E-state index contributed by atoms with van der Waals surface area (Å²) in [6.07, 6.45) is 1.78. The molecule has 0 bridgehead atoms. The maximum atomic E-state index is 13.0. The molecule has 0 radical (unpaired) electrons. The van der Waals surface area contributed by atoms with Crippen LogP contribution in [0, 0.1) is 0 Å². The zero-order valence-electron chi connectivity index (χ0n) is 15.8. The fraction of sp³-hybridized carbons (Fsp3) is 0.190. The van der Waals surface area contributed by atoms with E-state index in [9.17, 15) is 14.4 Å². The monoisotopic (exact) mass is 473 g/mol. The summed E-state index contributed by atoms with van der Waals surface area (Å²) >= 11 is 4.91. The molecular formula is C21H20BrN3O3S. The van der Waals surface area contributed by atoms with Gasteiger partial charge in [-0.25, -0.2) is 4.79 Å². The molecule has 2 N–H and O–H groups in total. The number of carbonyl (C=O) groups excluding carboxylic acids is 3. The number of imide groups is 1. The van der Waals surface area contributed by atoms with Crippen molar-refractivity contribution in [3.8, 4) is 0 Å². The van der Waals surface area contributed by atoms with Crippen LogP contribution >= 0.6 is 27.7 Å². The van der Waals surface area contributed by atoms with Crippen LogP contribution in [0.3, 0.4) is 0 Å². The van der Waals surface area contributed by atoms with Gasteiger partial charge in [0.15, 0.2) is 0 Å². The standard InChI is InChI=1S/C21H20BrN3O3S/c1-3-11-29-17-10-5-4-9-16(17)23-18(26)13-25-19(27)21(2,24-20(25)28)14-7-6-8-15(22)12-14/h3-10,12H,1,11,13H2,2H3,(H,23,26)(H,24,28). The van der Waals surface area contributed by atoms with E-state index in [1.807, 2.05) is 24.3 Å². The van der Waals surface area contributed by atoms with E-state index in [2.05, 4.69) is 33.1 Å². The third-order valence-electron chi connectivity index (χ3n) is 4.50. The van der Waals surface area contributed by atoms with Gasteiger partial charge in [0.1, 0.15) is 12.1 Å². The molecule has 1 aliphatic rings. The second kappa shape index (κ2) is 8.84. The minimum atomic E-state index is -1.22. The lowest BCUT2D eigenvalue weighted by molar-refractivity contribution is -0.133. The first-order chi connectivity index (χ1) is 13.8. The van der Waals surface area contributed by atoms with Crippen molar-refractivity contribution in [2.24, 2.45) is 0 Å². The summed E-state index contributed by atoms with van der Waals surface area (Å²) < 4.78 is 0.795. The number of benzene rings is 2. The summed E-state index contributed by atoms with van der Waals surface area (Å²) in [7, 11) is 0. The van der Waals surface area contributed by atoms with Gasteiger partial charge in [-0.1, -0.05) is 46.3 Å². The first-order valence-corrected chi connectivity index (χ1v) is 10.7. The summed E-state index contributed by atoms with van der Waals surface area (Å²) in [5.41, 5.74) is 0.0456. The van der Waals surface area contributed by atoms with Gasteiger partial charge in [-0.3, -0.25) is 14.5 Å². The first-order valence-electron chi connectivity index (χ1n) is 8.88. The third kappa shape index (κ3) is 4.54. The molecule has 6 nitrogen and oxygen atoms in total. The lowest BCUT2D eigenvalue weighted by Gasteiger charge is -2.22. The highest BCUT2D eigenvalue weighted by atomic mass is 79.9. The second-order valence-electron chi connectivity index (χ2n) is 6.60. The minimum absolute atomic E-state index is 0.366. The van der Waals surface area contributed by atoms with E-state index in [1.165, 1.54) is 11.8 Å². The Morgan fingerprint density at radius 2 is 2.03 bits per heavy atom. The molecular weight excluding hydrogens is 454 g/mol. The highest BCUT2D eigenvalue weighted by Gasteiger charge is 2.49. The van der Waals surface area contributed by atoms with Crippen LogP contribution in [-0.2, 0) is 15.1 Å². The maximum absolute atomic E-state index is 13.0. The maximum Gasteiger partial charge on any atom is 0.325 e. The molecule has 2 aromatic carbocycles. The van der Waals surface area contributed by atoms with E-state index in [4.69, 9.17) is 0 Å². The number of carbonyl (C=O) groups is 3. The van der Waals surface area contributed by atoms with Crippen molar-refractivity contribution in [1.82, 2.24) is 10.2 Å². The van der Waals surface area contributed by atoms with Gasteiger partial charge < -0.3 is 10.6 Å². The van der Waals surface area contributed by atoms with Crippen LogP contribution in [0.2, 0.25) is 0 Å². The zero-order valence-corrected chi connectivity index (χ0v) is 18.2. The highest BCUT2D eigenvalue weighted by Crippen LogP contribution is 2.31. The van der Waals surface area contributed by atoms with E-state index in [0.717, 1.165) is 14.3 Å². The molecule has 3 rings (SSSR count). The van der Waals surface area contributed by atoms with Gasteiger partial charge in [-0.05, 0) is 36.8 Å². The summed E-state index contributed by atoms with van der Waals surface area (Å²) in [6.45, 7) is 4.96. The number of amides is 4. The van der Waals surface area contributed by atoms with Crippen LogP contribution < -0.4 is 10.6 Å². The Bertz CT molecular complexity index is 981. The van der Waals surface area contributed by atoms with Crippen molar-refractivity contribution in [3.05, 3.63) is 71.2 Å². The predicted molar refractivity (Wildman–Crippen MR) is 118 cm³/mol. The Balaban J connectivity index is 1.74. The number of nitrogens with one attached hydrogen (secondary N) is 2. The molecule has 1 atom stereocenters. The number of nitrogens with zero attached hydrogens (tertiary/aromatic N) is 1. The second-order valence-corrected chi connectivity index (χ2v) is 8.58. The van der Waals surface area contributed by atoms with Crippen molar-refractivity contribution in [1.29, 1.82) is 0 Å². The molecule has 0 aliphatic carbocycles. The largest absolute Gasteiger partial charge is 0.325 e. The molecule has 4 amide bonds. The van der Waals surface area contributed by atoms with Gasteiger partial charge >= 0.3 is 6.03 Å². The van der Waals surface area contributed by atoms with Gasteiger partial charge in [-0.15, -0.1) is 18.3 Å². The van der Waals surface area contributed by atoms with E-state index in [-0.39, 0.29) is 6.54 Å². The quantitative estimate of drug-likeness (QED) is 0.359. The van der Waals surface area contributed by atoms with Crippen LogP contribution in [0.25, 0.3) is 0 Å².